The largest absolute Gasteiger partial charge is 0.491 e. The van der Waals surface area contributed by atoms with E-state index in [9.17, 15) is 0 Å². The third-order valence-electron chi connectivity index (χ3n) is 5.58. The third-order valence-corrected chi connectivity index (χ3v) is 6.39. The fourth-order valence-electron chi connectivity index (χ4n) is 4.21. The lowest BCUT2D eigenvalue weighted by Crippen LogP contribution is -2.28. The van der Waals surface area contributed by atoms with Crippen molar-refractivity contribution in [2.45, 2.75) is 40.2 Å². The first-order chi connectivity index (χ1) is 17.3. The lowest BCUT2D eigenvalue weighted by molar-refractivity contribution is 0.329. The van der Waals surface area contributed by atoms with E-state index in [1.54, 1.807) is 13.1 Å². The average molecular weight is 466 g/mol. The molecule has 0 amide bonds. The van der Waals surface area contributed by atoms with Crippen LogP contribution < -0.4 is 21.1 Å². The summed E-state index contributed by atoms with van der Waals surface area (Å²) in [5, 5.41) is 0.437. The van der Waals surface area contributed by atoms with Crippen molar-refractivity contribution in [1.29, 1.82) is 0 Å². The highest BCUT2D eigenvalue weighted by atomic mass is 32.1. The predicted molar refractivity (Wildman–Crippen MR) is 134 cm³/mol. The summed E-state index contributed by atoms with van der Waals surface area (Å²) < 4.78 is 40.7. The van der Waals surface area contributed by atoms with Crippen LogP contribution in [0, 0.1) is 13.8 Å². The van der Waals surface area contributed by atoms with Crippen LogP contribution in [0.4, 0.5) is 16.9 Å². The van der Waals surface area contributed by atoms with Crippen LogP contribution in [0.2, 0.25) is 0 Å². The first-order valence-corrected chi connectivity index (χ1v) is 11.4. The lowest BCUT2D eigenvalue weighted by atomic mass is 9.99. The monoisotopic (exact) mass is 465 g/mol. The van der Waals surface area contributed by atoms with Crippen molar-refractivity contribution in [3.05, 3.63) is 46.8 Å². The highest BCUT2D eigenvalue weighted by Crippen LogP contribution is 2.37. The van der Waals surface area contributed by atoms with Crippen LogP contribution in [-0.2, 0) is 6.54 Å². The van der Waals surface area contributed by atoms with Crippen molar-refractivity contribution < 1.29 is 10.2 Å². The van der Waals surface area contributed by atoms with Gasteiger partial charge in [0.1, 0.15) is 28.5 Å². The first kappa shape index (κ1) is 17.1. The second kappa shape index (κ2) is 8.15. The molecule has 4 aromatic rings. The zero-order chi connectivity index (χ0) is 26.9. The Morgan fingerprint density at radius 2 is 1.94 bits per heavy atom. The second-order valence-corrected chi connectivity index (χ2v) is 9.35. The molecule has 0 bridgehead atoms. The summed E-state index contributed by atoms with van der Waals surface area (Å²) in [6.07, 6.45) is 1.74. The third kappa shape index (κ3) is 3.93. The van der Waals surface area contributed by atoms with Gasteiger partial charge in [-0.1, -0.05) is 25.2 Å². The molecule has 1 aliphatic rings. The van der Waals surface area contributed by atoms with E-state index in [4.69, 9.17) is 21.7 Å². The van der Waals surface area contributed by atoms with Gasteiger partial charge >= 0.3 is 0 Å². The number of nitrogens with zero attached hydrogens (tertiary/aromatic N) is 5. The standard InChI is InChI=1S/C24H27N7OS/c1-12(2)19-14(4)28-23(25)30-21(19)31-5-6-32-20-13(3)7-15(8-17(20)11-31)16-9-18-22(27-10-16)33-24(26)29-18/h7-10,12H,5-6,11H2,1-4H3,(H2,26,29)(H2,25,28,30)/i5D2,6D2. The van der Waals surface area contributed by atoms with Crippen molar-refractivity contribution in [2.75, 3.05) is 29.4 Å². The van der Waals surface area contributed by atoms with Crippen LogP contribution in [0.15, 0.2) is 24.4 Å². The quantitative estimate of drug-likeness (QED) is 0.456. The van der Waals surface area contributed by atoms with Crippen molar-refractivity contribution in [2.24, 2.45) is 0 Å². The van der Waals surface area contributed by atoms with Crippen molar-refractivity contribution in [1.82, 2.24) is 19.9 Å². The Bertz CT molecular complexity index is 1540. The van der Waals surface area contributed by atoms with Gasteiger partial charge in [0, 0.05) is 35.1 Å². The highest BCUT2D eigenvalue weighted by molar-refractivity contribution is 7.21. The Hall–Kier alpha value is -3.46. The smallest absolute Gasteiger partial charge is 0.222 e. The maximum atomic E-state index is 8.86. The molecule has 0 saturated carbocycles. The molecular formula is C24H27N7OS. The number of fused-ring (bicyclic) bond motifs is 2. The number of rotatable bonds is 3. The van der Waals surface area contributed by atoms with E-state index in [-0.39, 0.29) is 30.0 Å². The molecule has 0 saturated heterocycles. The minimum absolute atomic E-state index is 0.00847. The van der Waals surface area contributed by atoms with Gasteiger partial charge in [0.05, 0.1) is 12.0 Å². The zero-order valence-corrected chi connectivity index (χ0v) is 19.6. The van der Waals surface area contributed by atoms with Crippen LogP contribution in [0.1, 0.15) is 47.6 Å². The molecule has 3 aromatic heterocycles. The van der Waals surface area contributed by atoms with E-state index in [0.29, 0.717) is 33.0 Å². The molecule has 0 atom stereocenters. The number of thiazole rings is 1. The van der Waals surface area contributed by atoms with E-state index < -0.39 is 13.1 Å². The molecular weight excluding hydrogens is 434 g/mol. The number of nitrogens with two attached hydrogens (primary N) is 2. The Morgan fingerprint density at radius 1 is 1.12 bits per heavy atom. The summed E-state index contributed by atoms with van der Waals surface area (Å²) >= 11 is 1.31. The number of aromatic nitrogens is 4. The van der Waals surface area contributed by atoms with E-state index in [1.807, 2.05) is 39.0 Å². The van der Waals surface area contributed by atoms with Gasteiger partial charge in [0.15, 0.2) is 5.13 Å². The van der Waals surface area contributed by atoms with Gasteiger partial charge in [0.25, 0.3) is 0 Å². The Morgan fingerprint density at radius 3 is 2.73 bits per heavy atom. The van der Waals surface area contributed by atoms with Crippen molar-refractivity contribution in [3.8, 4) is 16.9 Å². The van der Waals surface area contributed by atoms with Gasteiger partial charge in [-0.15, -0.1) is 0 Å². The number of pyridine rings is 1. The van der Waals surface area contributed by atoms with E-state index >= 15 is 0 Å². The zero-order valence-electron chi connectivity index (χ0n) is 22.8. The highest BCUT2D eigenvalue weighted by Gasteiger charge is 2.24. The van der Waals surface area contributed by atoms with Gasteiger partial charge in [-0.3, -0.25) is 0 Å². The van der Waals surface area contributed by atoms with Gasteiger partial charge in [-0.25, -0.2) is 15.0 Å². The maximum Gasteiger partial charge on any atom is 0.222 e. The van der Waals surface area contributed by atoms with Crippen LogP contribution in [-0.4, -0.2) is 33.0 Å². The lowest BCUT2D eigenvalue weighted by Gasteiger charge is -2.26. The van der Waals surface area contributed by atoms with E-state index in [0.717, 1.165) is 16.0 Å². The fraction of sp³-hybridized carbons (Fsp3) is 0.333. The molecule has 0 spiro atoms. The molecule has 1 aliphatic heterocycles. The topological polar surface area (TPSA) is 116 Å². The molecule has 8 nitrogen and oxygen atoms in total. The molecule has 4 N–H and O–H groups in total. The first-order valence-electron chi connectivity index (χ1n) is 12.5. The Labute approximate surface area is 202 Å². The van der Waals surface area contributed by atoms with Gasteiger partial charge in [-0.05, 0) is 49.1 Å². The minimum Gasteiger partial charge on any atom is -0.491 e. The number of anilines is 3. The molecule has 9 heteroatoms. The molecule has 5 rings (SSSR count). The number of hydrogen-bond donors (Lipinski definition) is 2. The Kier molecular flexibility index (Phi) is 4.22. The maximum absolute atomic E-state index is 8.86. The number of benzene rings is 1. The van der Waals surface area contributed by atoms with Crippen LogP contribution >= 0.6 is 11.3 Å². The normalized spacial score (nSPS) is 18.6. The number of hydrogen-bond acceptors (Lipinski definition) is 9. The summed E-state index contributed by atoms with van der Waals surface area (Å²) in [4.78, 5) is 19.5. The van der Waals surface area contributed by atoms with Crippen LogP contribution in [0.25, 0.3) is 21.5 Å². The molecule has 4 heterocycles. The summed E-state index contributed by atoms with van der Waals surface area (Å²) in [5.41, 5.74) is 16.7. The molecule has 0 fully saturated rings. The van der Waals surface area contributed by atoms with Crippen LogP contribution in [0.3, 0.4) is 0 Å². The molecule has 1 aromatic carbocycles. The summed E-state index contributed by atoms with van der Waals surface area (Å²) in [6.45, 7) is 2.20. The molecule has 33 heavy (non-hydrogen) atoms. The van der Waals surface area contributed by atoms with Crippen molar-refractivity contribution in [3.63, 3.8) is 0 Å². The molecule has 170 valence electrons. The summed E-state index contributed by atoms with van der Waals surface area (Å²) in [6, 6.07) is 5.62. The van der Waals surface area contributed by atoms with E-state index in [2.05, 4.69) is 19.9 Å². The number of nitrogen functional groups attached to an aromatic ring is 2. The molecule has 0 unspecified atom stereocenters. The molecule has 0 aliphatic carbocycles. The summed E-state index contributed by atoms with van der Waals surface area (Å²) in [5.74, 6) is 0.467. The summed E-state index contributed by atoms with van der Waals surface area (Å²) in [7, 11) is 0. The van der Waals surface area contributed by atoms with Gasteiger partial charge in [0.2, 0.25) is 5.95 Å². The van der Waals surface area contributed by atoms with E-state index in [1.165, 1.54) is 16.2 Å². The number of ether oxygens (including phenoxy) is 1. The number of aryl methyl sites for hydroxylation is 2. The SMILES string of the molecule is [2H]C1([2H])Oc2c(C)cc(-c3cnc4sc(N)nc4c3)cc2CN(c2nc(N)nc(C)c2C(C)C)C1([2H])[2H]. The van der Waals surface area contributed by atoms with Gasteiger partial charge < -0.3 is 21.1 Å². The fourth-order valence-corrected chi connectivity index (χ4v) is 4.87. The minimum atomic E-state index is -2.70. The van der Waals surface area contributed by atoms with Crippen LogP contribution in [0.5, 0.6) is 5.75 Å². The predicted octanol–water partition coefficient (Wildman–Crippen LogP) is 4.45. The second-order valence-electron chi connectivity index (χ2n) is 8.34. The van der Waals surface area contributed by atoms with Crippen molar-refractivity contribution >= 4 is 38.6 Å². The Balaban J connectivity index is 1.70. The average Bonchev–Trinajstić information content (AvgIpc) is 3.13. The molecule has 0 radical (unpaired) electrons. The van der Waals surface area contributed by atoms with Gasteiger partial charge in [-0.2, -0.15) is 4.98 Å².